The van der Waals surface area contributed by atoms with Crippen molar-refractivity contribution in [3.63, 3.8) is 0 Å². The molecule has 0 aliphatic rings. The quantitative estimate of drug-likeness (QED) is 0.720. The summed E-state index contributed by atoms with van der Waals surface area (Å²) in [5.41, 5.74) is 3.46. The molecule has 0 spiro atoms. The lowest BCUT2D eigenvalue weighted by Gasteiger charge is -2.37. The van der Waals surface area contributed by atoms with E-state index >= 15 is 0 Å². The summed E-state index contributed by atoms with van der Waals surface area (Å²) in [4.78, 5) is 2.13. The Labute approximate surface area is 163 Å². The van der Waals surface area contributed by atoms with E-state index in [9.17, 15) is 5.11 Å². The van der Waals surface area contributed by atoms with Crippen molar-refractivity contribution in [3.05, 3.63) is 75.8 Å². The van der Waals surface area contributed by atoms with Gasteiger partial charge in [0.2, 0.25) is 0 Å². The summed E-state index contributed by atoms with van der Waals surface area (Å²) in [7, 11) is 4.09. The lowest BCUT2D eigenvalue weighted by atomic mass is 9.77. The molecule has 26 heavy (non-hydrogen) atoms. The molecule has 0 aliphatic heterocycles. The zero-order valence-corrected chi connectivity index (χ0v) is 17.2. The van der Waals surface area contributed by atoms with Crippen LogP contribution >= 0.6 is 11.6 Å². The molecule has 2 aromatic rings. The van der Waals surface area contributed by atoms with Gasteiger partial charge in [0, 0.05) is 23.9 Å². The molecular weight excluding hydrogens is 342 g/mol. The number of rotatable bonds is 7. The van der Waals surface area contributed by atoms with Crippen molar-refractivity contribution in [2.24, 2.45) is 5.92 Å². The second-order valence-corrected chi connectivity index (χ2v) is 8.07. The van der Waals surface area contributed by atoms with Crippen molar-refractivity contribution in [2.75, 3.05) is 20.6 Å². The van der Waals surface area contributed by atoms with Gasteiger partial charge in [-0.3, -0.25) is 0 Å². The molecule has 0 saturated heterocycles. The number of aryl methyl sites for hydroxylation is 1. The first-order valence-electron chi connectivity index (χ1n) is 9.07. The van der Waals surface area contributed by atoms with E-state index in [0.29, 0.717) is 6.42 Å². The average molecular weight is 372 g/mol. The van der Waals surface area contributed by atoms with Gasteiger partial charge < -0.3 is 10.0 Å². The Morgan fingerprint density at radius 2 is 1.85 bits per heavy atom. The first kappa shape index (κ1) is 20.7. The highest BCUT2D eigenvalue weighted by Gasteiger charge is 2.36. The molecule has 0 heterocycles. The molecule has 0 aromatic heterocycles. The molecule has 1 N–H and O–H groups in total. The molecule has 0 amide bonds. The summed E-state index contributed by atoms with van der Waals surface area (Å²) in [6, 6.07) is 16.1. The standard InChI is InChI=1S/C23H30ClNO/c1-17-7-6-8-21(13-17)15-23(26,19(3)16-25(4)5)18(2)14-20-9-11-22(24)12-10-20/h6-14,19,26H,15-16H2,1-5H3/b18-14+. The van der Waals surface area contributed by atoms with E-state index in [1.807, 2.05) is 45.3 Å². The van der Waals surface area contributed by atoms with Crippen LogP contribution in [-0.4, -0.2) is 36.2 Å². The lowest BCUT2D eigenvalue weighted by molar-refractivity contribution is 0.0149. The second kappa shape index (κ2) is 8.85. The van der Waals surface area contributed by atoms with Crippen molar-refractivity contribution in [2.45, 2.75) is 32.8 Å². The van der Waals surface area contributed by atoms with Gasteiger partial charge in [-0.25, -0.2) is 0 Å². The van der Waals surface area contributed by atoms with Gasteiger partial charge in [0.05, 0.1) is 5.60 Å². The van der Waals surface area contributed by atoms with Crippen LogP contribution in [-0.2, 0) is 6.42 Å². The van der Waals surface area contributed by atoms with Crippen molar-refractivity contribution < 1.29 is 5.11 Å². The zero-order chi connectivity index (χ0) is 19.3. The monoisotopic (exact) mass is 371 g/mol. The molecular formula is C23H30ClNO. The van der Waals surface area contributed by atoms with Crippen LogP contribution < -0.4 is 0 Å². The minimum absolute atomic E-state index is 0.0848. The van der Waals surface area contributed by atoms with E-state index in [1.165, 1.54) is 5.56 Å². The fourth-order valence-electron chi connectivity index (χ4n) is 3.47. The predicted octanol–water partition coefficient (Wildman–Crippen LogP) is 5.22. The number of benzene rings is 2. The molecule has 0 aliphatic carbocycles. The van der Waals surface area contributed by atoms with Gasteiger partial charge in [0.1, 0.15) is 0 Å². The van der Waals surface area contributed by atoms with Crippen LogP contribution in [0.2, 0.25) is 5.02 Å². The largest absolute Gasteiger partial charge is 0.385 e. The molecule has 3 heteroatoms. The highest BCUT2D eigenvalue weighted by atomic mass is 35.5. The Balaban J connectivity index is 2.39. The number of halogens is 1. The van der Waals surface area contributed by atoms with E-state index in [-0.39, 0.29) is 5.92 Å². The molecule has 2 rings (SSSR count). The molecule has 2 aromatic carbocycles. The Morgan fingerprint density at radius 3 is 2.42 bits per heavy atom. The maximum atomic E-state index is 11.7. The van der Waals surface area contributed by atoms with Crippen LogP contribution in [0.4, 0.5) is 0 Å². The maximum absolute atomic E-state index is 11.7. The van der Waals surface area contributed by atoms with Crippen molar-refractivity contribution in [1.82, 2.24) is 4.90 Å². The third-order valence-corrected chi connectivity index (χ3v) is 5.20. The fourth-order valence-corrected chi connectivity index (χ4v) is 3.59. The first-order chi connectivity index (χ1) is 12.2. The van der Waals surface area contributed by atoms with Crippen LogP contribution in [0.3, 0.4) is 0 Å². The van der Waals surface area contributed by atoms with Crippen LogP contribution in [0, 0.1) is 12.8 Å². The van der Waals surface area contributed by atoms with Crippen molar-refractivity contribution >= 4 is 17.7 Å². The normalized spacial score (nSPS) is 15.8. The molecule has 2 nitrogen and oxygen atoms in total. The molecule has 140 valence electrons. The van der Waals surface area contributed by atoms with Crippen molar-refractivity contribution in [3.8, 4) is 0 Å². The lowest BCUT2D eigenvalue weighted by Crippen LogP contribution is -2.44. The summed E-state index contributed by atoms with van der Waals surface area (Å²) in [5.74, 6) is 0.0848. The number of aliphatic hydroxyl groups is 1. The third-order valence-electron chi connectivity index (χ3n) is 4.95. The minimum atomic E-state index is -0.919. The molecule has 0 bridgehead atoms. The SMILES string of the molecule is C/C(=C\c1ccc(Cl)cc1)C(O)(Cc1cccc(C)c1)C(C)CN(C)C. The first-order valence-corrected chi connectivity index (χ1v) is 9.45. The molecule has 0 saturated carbocycles. The summed E-state index contributed by atoms with van der Waals surface area (Å²) in [6.45, 7) is 7.04. The number of hydrogen-bond acceptors (Lipinski definition) is 2. The second-order valence-electron chi connectivity index (χ2n) is 7.63. The van der Waals surface area contributed by atoms with E-state index in [1.54, 1.807) is 0 Å². The van der Waals surface area contributed by atoms with Crippen LogP contribution in [0.25, 0.3) is 6.08 Å². The minimum Gasteiger partial charge on any atom is -0.385 e. The summed E-state index contributed by atoms with van der Waals surface area (Å²) in [6.07, 6.45) is 2.66. The Morgan fingerprint density at radius 1 is 1.19 bits per heavy atom. The van der Waals surface area contributed by atoms with Gasteiger partial charge in [0.15, 0.2) is 0 Å². The van der Waals surface area contributed by atoms with E-state index in [0.717, 1.165) is 28.3 Å². The maximum Gasteiger partial charge on any atom is 0.0935 e. The van der Waals surface area contributed by atoms with Gasteiger partial charge in [-0.15, -0.1) is 0 Å². The van der Waals surface area contributed by atoms with Crippen LogP contribution in [0.1, 0.15) is 30.5 Å². The Hall–Kier alpha value is -1.61. The predicted molar refractivity (Wildman–Crippen MR) is 113 cm³/mol. The van der Waals surface area contributed by atoms with E-state index in [2.05, 4.69) is 49.1 Å². The highest BCUT2D eigenvalue weighted by Crippen LogP contribution is 2.32. The molecule has 2 unspecified atom stereocenters. The van der Waals surface area contributed by atoms with Crippen LogP contribution in [0.15, 0.2) is 54.1 Å². The van der Waals surface area contributed by atoms with Gasteiger partial charge in [-0.1, -0.05) is 66.6 Å². The summed E-state index contributed by atoms with van der Waals surface area (Å²) >= 11 is 5.99. The topological polar surface area (TPSA) is 23.5 Å². The fraction of sp³-hybridized carbons (Fsp3) is 0.391. The molecule has 0 fully saturated rings. The van der Waals surface area contributed by atoms with Gasteiger partial charge in [0.25, 0.3) is 0 Å². The smallest absolute Gasteiger partial charge is 0.0935 e. The molecule has 2 atom stereocenters. The Kier molecular flexibility index (Phi) is 7.05. The van der Waals surface area contributed by atoms with E-state index < -0.39 is 5.60 Å². The van der Waals surface area contributed by atoms with Crippen molar-refractivity contribution in [1.29, 1.82) is 0 Å². The summed E-state index contributed by atoms with van der Waals surface area (Å²) in [5, 5.41) is 12.5. The highest BCUT2D eigenvalue weighted by molar-refractivity contribution is 6.30. The molecule has 0 radical (unpaired) electrons. The average Bonchev–Trinajstić information content (AvgIpc) is 2.56. The zero-order valence-electron chi connectivity index (χ0n) is 16.5. The van der Waals surface area contributed by atoms with Gasteiger partial charge >= 0.3 is 0 Å². The third kappa shape index (κ3) is 5.44. The number of hydrogen-bond donors (Lipinski definition) is 1. The number of nitrogens with zero attached hydrogens (tertiary/aromatic N) is 1. The van der Waals surface area contributed by atoms with Crippen LogP contribution in [0.5, 0.6) is 0 Å². The van der Waals surface area contributed by atoms with Gasteiger partial charge in [-0.2, -0.15) is 0 Å². The van der Waals surface area contributed by atoms with E-state index in [4.69, 9.17) is 11.6 Å². The Bertz CT molecular complexity index is 751. The summed E-state index contributed by atoms with van der Waals surface area (Å²) < 4.78 is 0. The van der Waals surface area contributed by atoms with Gasteiger partial charge in [-0.05, 0) is 56.8 Å².